The smallest absolute Gasteiger partial charge is 0.350 e. The third-order valence-electron chi connectivity index (χ3n) is 7.11. The molecule has 4 aromatic carbocycles. The van der Waals surface area contributed by atoms with Crippen LogP contribution in [-0.4, -0.2) is 43.3 Å². The van der Waals surface area contributed by atoms with Crippen LogP contribution in [0.3, 0.4) is 0 Å². The Bertz CT molecular complexity index is 1780. The molecule has 4 rings (SSSR count). The summed E-state index contributed by atoms with van der Waals surface area (Å²) >= 11 is 6.10. The average Bonchev–Trinajstić information content (AvgIpc) is 3.02. The number of hydrogen-bond donors (Lipinski definition) is 1. The van der Waals surface area contributed by atoms with Gasteiger partial charge in [0.15, 0.2) is 0 Å². The number of hydrogen-bond acceptors (Lipinski definition) is 4. The average molecular weight is 686 g/mol. The van der Waals surface area contributed by atoms with E-state index in [1.54, 1.807) is 75.4 Å². The third-order valence-corrected chi connectivity index (χ3v) is 9.15. The van der Waals surface area contributed by atoms with Gasteiger partial charge in [0.05, 0.1) is 16.1 Å². The molecule has 0 saturated heterocycles. The summed E-state index contributed by atoms with van der Waals surface area (Å²) in [5.41, 5.74) is -0.785. The van der Waals surface area contributed by atoms with Crippen molar-refractivity contribution in [1.29, 1.82) is 0 Å². The van der Waals surface area contributed by atoms with Gasteiger partial charge in [-0.2, -0.15) is 13.2 Å². The number of amides is 2. The highest BCUT2D eigenvalue weighted by Crippen LogP contribution is 2.33. The van der Waals surface area contributed by atoms with Gasteiger partial charge in [0.25, 0.3) is 10.0 Å². The van der Waals surface area contributed by atoms with Gasteiger partial charge in [-0.05, 0) is 74.4 Å². The zero-order valence-corrected chi connectivity index (χ0v) is 27.6. The number of benzene rings is 4. The highest BCUT2D eigenvalue weighted by Gasteiger charge is 2.37. The first-order valence-electron chi connectivity index (χ1n) is 14.7. The van der Waals surface area contributed by atoms with Crippen molar-refractivity contribution in [1.82, 2.24) is 10.2 Å². The van der Waals surface area contributed by atoms with Crippen molar-refractivity contribution in [3.63, 3.8) is 0 Å². The number of carbonyl (C=O) groups excluding carboxylic acids is 2. The maximum Gasteiger partial charge on any atom is 0.416 e. The van der Waals surface area contributed by atoms with Crippen molar-refractivity contribution < 1.29 is 31.2 Å². The number of anilines is 1. The summed E-state index contributed by atoms with van der Waals surface area (Å²) in [6, 6.07) is 25.4. The lowest BCUT2D eigenvalue weighted by Crippen LogP contribution is -2.56. The highest BCUT2D eigenvalue weighted by atomic mass is 35.5. The normalized spacial score (nSPS) is 12.7. The number of sulfonamides is 1. The van der Waals surface area contributed by atoms with Gasteiger partial charge in [-0.15, -0.1) is 0 Å². The number of nitrogens with one attached hydrogen (secondary N) is 1. The molecule has 47 heavy (non-hydrogen) atoms. The second-order valence-electron chi connectivity index (χ2n) is 12.0. The highest BCUT2D eigenvalue weighted by molar-refractivity contribution is 7.92. The van der Waals surface area contributed by atoms with E-state index in [9.17, 15) is 31.2 Å². The van der Waals surface area contributed by atoms with Gasteiger partial charge in [-0.25, -0.2) is 8.42 Å². The fourth-order valence-corrected chi connectivity index (χ4v) is 6.43. The Labute approximate surface area is 278 Å². The Balaban J connectivity index is 1.85. The van der Waals surface area contributed by atoms with Crippen LogP contribution in [0.4, 0.5) is 18.9 Å². The zero-order valence-electron chi connectivity index (χ0n) is 26.0. The van der Waals surface area contributed by atoms with E-state index in [0.29, 0.717) is 21.0 Å². The van der Waals surface area contributed by atoms with Gasteiger partial charge in [0, 0.05) is 23.5 Å². The molecular weight excluding hydrogens is 651 g/mol. The summed E-state index contributed by atoms with van der Waals surface area (Å²) in [7, 11) is -4.56. The van der Waals surface area contributed by atoms with Gasteiger partial charge in [0.1, 0.15) is 12.6 Å². The minimum atomic E-state index is -4.77. The lowest BCUT2D eigenvalue weighted by molar-refractivity contribution is -0.140. The first-order valence-corrected chi connectivity index (χ1v) is 16.5. The molecule has 0 unspecified atom stereocenters. The van der Waals surface area contributed by atoms with Crippen molar-refractivity contribution in [3.8, 4) is 0 Å². The third kappa shape index (κ3) is 9.59. The Hall–Kier alpha value is -4.35. The number of alkyl halides is 3. The predicted octanol–water partition coefficient (Wildman–Crippen LogP) is 7.11. The van der Waals surface area contributed by atoms with Gasteiger partial charge in [-0.1, -0.05) is 78.3 Å². The Morgan fingerprint density at radius 2 is 1.40 bits per heavy atom. The molecule has 0 aliphatic carbocycles. The summed E-state index contributed by atoms with van der Waals surface area (Å²) in [6.07, 6.45) is -4.69. The number of nitrogens with zero attached hydrogens (tertiary/aromatic N) is 2. The van der Waals surface area contributed by atoms with Crippen LogP contribution < -0.4 is 9.62 Å². The van der Waals surface area contributed by atoms with E-state index in [1.165, 1.54) is 35.2 Å². The molecule has 7 nitrogen and oxygen atoms in total. The molecule has 1 N–H and O–H groups in total. The van der Waals surface area contributed by atoms with Crippen molar-refractivity contribution in [2.45, 2.75) is 56.4 Å². The van der Waals surface area contributed by atoms with Crippen LogP contribution in [0.5, 0.6) is 0 Å². The Morgan fingerprint density at radius 3 is 1.98 bits per heavy atom. The van der Waals surface area contributed by atoms with Gasteiger partial charge < -0.3 is 10.2 Å². The van der Waals surface area contributed by atoms with Crippen LogP contribution in [0, 0.1) is 0 Å². The maximum absolute atomic E-state index is 14.5. The fraction of sp³-hybridized carbons (Fsp3) is 0.257. The molecule has 0 fully saturated rings. The molecule has 0 aliphatic rings. The summed E-state index contributed by atoms with van der Waals surface area (Å²) in [5, 5.41) is 3.37. The molecule has 0 radical (unpaired) electrons. The SMILES string of the molecule is CC(C)(C)NC(=O)[C@@H](Cc1ccccc1)N(Cc1ccc(Cl)cc1)C(=O)CN(c1cccc(C(F)(F)F)c1)S(=O)(=O)c1ccccc1. The molecule has 248 valence electrons. The summed E-state index contributed by atoms with van der Waals surface area (Å²) in [4.78, 5) is 29.4. The van der Waals surface area contributed by atoms with Crippen molar-refractivity contribution >= 4 is 39.1 Å². The van der Waals surface area contributed by atoms with E-state index in [1.807, 2.05) is 6.07 Å². The monoisotopic (exact) mass is 685 g/mol. The topological polar surface area (TPSA) is 86.8 Å². The van der Waals surface area contributed by atoms with Crippen molar-refractivity contribution in [2.24, 2.45) is 0 Å². The second kappa shape index (κ2) is 14.6. The molecule has 2 amide bonds. The molecule has 0 heterocycles. The molecule has 12 heteroatoms. The summed E-state index contributed by atoms with van der Waals surface area (Å²) in [5.74, 6) is -1.29. The summed E-state index contributed by atoms with van der Waals surface area (Å²) < 4.78 is 69.9. The second-order valence-corrected chi connectivity index (χ2v) is 14.3. The standard InChI is InChI=1S/C35H35ClF3N3O4S/c1-34(2,3)40-33(44)31(21-25-11-6-4-7-12-25)41(23-26-17-19-28(36)20-18-26)32(43)24-42(47(45,46)30-15-8-5-9-16-30)29-14-10-13-27(22-29)35(37,38)39/h4-20,22,31H,21,23-24H2,1-3H3,(H,40,44)/t31-/m1/s1. The van der Waals surface area contributed by atoms with E-state index in [2.05, 4.69) is 5.32 Å². The minimum Gasteiger partial charge on any atom is -0.350 e. The molecule has 0 spiro atoms. The lowest BCUT2D eigenvalue weighted by Gasteiger charge is -2.35. The number of carbonyl (C=O) groups is 2. The van der Waals surface area contributed by atoms with Crippen LogP contribution in [0.15, 0.2) is 114 Å². The zero-order chi connectivity index (χ0) is 34.4. The molecular formula is C35H35ClF3N3O4S. The molecule has 0 bridgehead atoms. The van der Waals surface area contributed by atoms with Crippen LogP contribution >= 0.6 is 11.6 Å². The predicted molar refractivity (Wildman–Crippen MR) is 176 cm³/mol. The molecule has 4 aromatic rings. The quantitative estimate of drug-likeness (QED) is 0.182. The first kappa shape index (κ1) is 35.5. The van der Waals surface area contributed by atoms with Crippen LogP contribution in [0.25, 0.3) is 0 Å². The van der Waals surface area contributed by atoms with Gasteiger partial charge >= 0.3 is 6.18 Å². The van der Waals surface area contributed by atoms with E-state index < -0.39 is 51.7 Å². The molecule has 0 saturated carbocycles. The minimum absolute atomic E-state index is 0.0804. The van der Waals surface area contributed by atoms with Gasteiger partial charge in [-0.3, -0.25) is 13.9 Å². The van der Waals surface area contributed by atoms with E-state index in [-0.39, 0.29) is 23.5 Å². The van der Waals surface area contributed by atoms with Crippen molar-refractivity contribution in [3.05, 3.63) is 131 Å². The van der Waals surface area contributed by atoms with Crippen LogP contribution in [0.2, 0.25) is 5.02 Å². The number of halogens is 4. The molecule has 0 aliphatic heterocycles. The van der Waals surface area contributed by atoms with E-state index in [4.69, 9.17) is 11.6 Å². The van der Waals surface area contributed by atoms with Crippen molar-refractivity contribution in [2.75, 3.05) is 10.8 Å². The van der Waals surface area contributed by atoms with E-state index >= 15 is 0 Å². The maximum atomic E-state index is 14.5. The van der Waals surface area contributed by atoms with Gasteiger partial charge in [0.2, 0.25) is 11.8 Å². The van der Waals surface area contributed by atoms with Crippen LogP contribution in [0.1, 0.15) is 37.5 Å². The molecule has 1 atom stereocenters. The number of rotatable bonds is 11. The molecule has 0 aromatic heterocycles. The largest absolute Gasteiger partial charge is 0.416 e. The van der Waals surface area contributed by atoms with E-state index in [0.717, 1.165) is 17.7 Å². The first-order chi connectivity index (χ1) is 22.0. The Morgan fingerprint density at radius 1 is 0.809 bits per heavy atom. The van der Waals surface area contributed by atoms with Crippen LogP contribution in [-0.2, 0) is 38.8 Å². The fourth-order valence-electron chi connectivity index (χ4n) is 4.88. The summed E-state index contributed by atoms with van der Waals surface area (Å²) in [6.45, 7) is 4.36. The Kier molecular flexibility index (Phi) is 11.0. The lowest BCUT2D eigenvalue weighted by atomic mass is 10.0.